The van der Waals surface area contributed by atoms with E-state index >= 15 is 0 Å². The lowest BCUT2D eigenvalue weighted by atomic mass is 10.1. The summed E-state index contributed by atoms with van der Waals surface area (Å²) in [6.45, 7) is 5.06. The number of piperazine rings is 1. The number of benzene rings is 1. The number of halogens is 1. The number of hydrogen-bond acceptors (Lipinski definition) is 5. The minimum Gasteiger partial charge on any atom is -0.378 e. The highest BCUT2D eigenvalue weighted by Gasteiger charge is 2.25. The van der Waals surface area contributed by atoms with Crippen LogP contribution in [0.3, 0.4) is 0 Å². The highest BCUT2D eigenvalue weighted by molar-refractivity contribution is 6.33. The first-order valence-electron chi connectivity index (χ1n) is 8.97. The molecule has 2 N–H and O–H groups in total. The monoisotopic (exact) mass is 380 g/mol. The van der Waals surface area contributed by atoms with Crippen molar-refractivity contribution in [2.24, 2.45) is 0 Å². The van der Waals surface area contributed by atoms with E-state index in [-0.39, 0.29) is 17.9 Å². The molecule has 8 heteroatoms. The molecule has 2 aliphatic heterocycles. The number of rotatable bonds is 5. The summed E-state index contributed by atoms with van der Waals surface area (Å²) in [4.78, 5) is 28.5. The first-order valence-corrected chi connectivity index (χ1v) is 9.35. The molecule has 2 saturated heterocycles. The van der Waals surface area contributed by atoms with E-state index in [0.29, 0.717) is 63.1 Å². The summed E-state index contributed by atoms with van der Waals surface area (Å²) in [5.74, 6) is 0.0506. The van der Waals surface area contributed by atoms with E-state index in [1.165, 1.54) is 0 Å². The molecule has 0 spiro atoms. The molecule has 1 atom stereocenters. The van der Waals surface area contributed by atoms with Gasteiger partial charge in [-0.1, -0.05) is 23.7 Å². The molecule has 26 heavy (non-hydrogen) atoms. The summed E-state index contributed by atoms with van der Waals surface area (Å²) in [6, 6.07) is 7.28. The molecule has 0 aromatic heterocycles. The van der Waals surface area contributed by atoms with Crippen molar-refractivity contribution < 1.29 is 14.3 Å². The summed E-state index contributed by atoms with van der Waals surface area (Å²) in [6.07, 6.45) is 0.465. The van der Waals surface area contributed by atoms with Crippen LogP contribution in [0.15, 0.2) is 24.3 Å². The molecule has 3 rings (SSSR count). The highest BCUT2D eigenvalue weighted by atomic mass is 35.5. The van der Waals surface area contributed by atoms with Crippen LogP contribution in [0.5, 0.6) is 0 Å². The number of anilines is 1. The molecule has 1 unspecified atom stereocenters. The number of carbonyl (C=O) groups excluding carboxylic acids is 2. The van der Waals surface area contributed by atoms with Crippen LogP contribution in [0.2, 0.25) is 5.02 Å². The number of ether oxygens (including phenoxy) is 1. The molecule has 2 aliphatic rings. The minimum absolute atomic E-state index is 0.0959. The number of amides is 2. The number of carbonyl (C=O) groups is 2. The summed E-state index contributed by atoms with van der Waals surface area (Å²) >= 11 is 6.06. The van der Waals surface area contributed by atoms with Crippen molar-refractivity contribution in [2.45, 2.75) is 12.5 Å². The van der Waals surface area contributed by atoms with E-state index in [2.05, 4.69) is 15.5 Å². The van der Waals surface area contributed by atoms with Gasteiger partial charge in [0, 0.05) is 45.2 Å². The van der Waals surface area contributed by atoms with Crippen molar-refractivity contribution in [3.8, 4) is 0 Å². The number of hydrogen-bond donors (Lipinski definition) is 2. The average Bonchev–Trinajstić information content (AvgIpc) is 2.65. The minimum atomic E-state index is -0.0959. The molecule has 0 aliphatic carbocycles. The molecule has 7 nitrogen and oxygen atoms in total. The molecule has 1 aromatic carbocycles. The zero-order chi connectivity index (χ0) is 18.4. The standard InChI is InChI=1S/C18H25ClN4O3/c19-15-3-1-2-4-16(15)21-17(24)12-22-6-8-23(9-7-22)18(25)11-14-13-26-10-5-20-14/h1-4,14,20H,5-13H2,(H,21,24). The van der Waals surface area contributed by atoms with Crippen molar-refractivity contribution in [2.75, 3.05) is 57.8 Å². The van der Waals surface area contributed by atoms with Crippen molar-refractivity contribution in [3.05, 3.63) is 29.3 Å². The molecule has 0 saturated carbocycles. The third-order valence-electron chi connectivity index (χ3n) is 4.66. The van der Waals surface area contributed by atoms with Gasteiger partial charge in [0.1, 0.15) is 0 Å². The van der Waals surface area contributed by atoms with Gasteiger partial charge in [0.25, 0.3) is 0 Å². The van der Waals surface area contributed by atoms with Crippen LogP contribution in [-0.2, 0) is 14.3 Å². The summed E-state index contributed by atoms with van der Waals surface area (Å²) < 4.78 is 5.39. The summed E-state index contributed by atoms with van der Waals surface area (Å²) in [5, 5.41) is 6.66. The second kappa shape index (κ2) is 9.32. The maximum absolute atomic E-state index is 12.4. The fourth-order valence-corrected chi connectivity index (χ4v) is 3.38. The fourth-order valence-electron chi connectivity index (χ4n) is 3.20. The largest absolute Gasteiger partial charge is 0.378 e. The maximum Gasteiger partial charge on any atom is 0.238 e. The molecule has 0 bridgehead atoms. The SMILES string of the molecule is O=C(CN1CCN(C(=O)CC2COCCN2)CC1)Nc1ccccc1Cl. The van der Waals surface area contributed by atoms with Gasteiger partial charge in [-0.05, 0) is 12.1 Å². The van der Waals surface area contributed by atoms with Gasteiger partial charge in [0.15, 0.2) is 0 Å². The number of morpholine rings is 1. The molecule has 2 amide bonds. The Hall–Kier alpha value is -1.67. The first kappa shape index (κ1) is 19.1. The van der Waals surface area contributed by atoms with Crippen LogP contribution in [0.1, 0.15) is 6.42 Å². The first-order chi connectivity index (χ1) is 12.6. The fraction of sp³-hybridized carbons (Fsp3) is 0.556. The van der Waals surface area contributed by atoms with Crippen molar-refractivity contribution in [1.82, 2.24) is 15.1 Å². The number of nitrogens with zero attached hydrogens (tertiary/aromatic N) is 2. The third kappa shape index (κ3) is 5.41. The molecule has 2 heterocycles. The van der Waals surface area contributed by atoms with Gasteiger partial charge < -0.3 is 20.3 Å². The molecule has 0 radical (unpaired) electrons. The quantitative estimate of drug-likeness (QED) is 0.790. The Kier molecular flexibility index (Phi) is 6.85. The van der Waals surface area contributed by atoms with Gasteiger partial charge >= 0.3 is 0 Å². The van der Waals surface area contributed by atoms with Gasteiger partial charge in [-0.2, -0.15) is 0 Å². The predicted molar refractivity (Wildman–Crippen MR) is 100 cm³/mol. The van der Waals surface area contributed by atoms with Crippen molar-refractivity contribution in [3.63, 3.8) is 0 Å². The van der Waals surface area contributed by atoms with Crippen LogP contribution >= 0.6 is 11.6 Å². The Morgan fingerprint density at radius 2 is 2.00 bits per heavy atom. The van der Waals surface area contributed by atoms with Crippen LogP contribution in [-0.4, -0.2) is 80.1 Å². The smallest absolute Gasteiger partial charge is 0.238 e. The summed E-state index contributed by atoms with van der Waals surface area (Å²) in [7, 11) is 0. The Morgan fingerprint density at radius 3 is 2.69 bits per heavy atom. The molecule has 1 aromatic rings. The summed E-state index contributed by atoms with van der Waals surface area (Å²) in [5.41, 5.74) is 0.621. The number of para-hydroxylation sites is 1. The zero-order valence-corrected chi connectivity index (χ0v) is 15.5. The second-order valence-electron chi connectivity index (χ2n) is 6.62. The van der Waals surface area contributed by atoms with Gasteiger partial charge in [0.2, 0.25) is 11.8 Å². The third-order valence-corrected chi connectivity index (χ3v) is 4.99. The Morgan fingerprint density at radius 1 is 1.23 bits per heavy atom. The van der Waals surface area contributed by atoms with E-state index in [9.17, 15) is 9.59 Å². The van der Waals surface area contributed by atoms with Crippen LogP contribution in [0.4, 0.5) is 5.69 Å². The number of nitrogens with one attached hydrogen (secondary N) is 2. The normalized spacial score (nSPS) is 21.4. The Balaban J connectivity index is 1.39. The van der Waals surface area contributed by atoms with E-state index in [1.807, 2.05) is 17.0 Å². The van der Waals surface area contributed by atoms with Gasteiger partial charge in [-0.3, -0.25) is 14.5 Å². The van der Waals surface area contributed by atoms with Crippen molar-refractivity contribution >= 4 is 29.1 Å². The van der Waals surface area contributed by atoms with E-state index in [4.69, 9.17) is 16.3 Å². The van der Waals surface area contributed by atoms with E-state index in [0.717, 1.165) is 6.54 Å². The lowest BCUT2D eigenvalue weighted by Crippen LogP contribution is -2.52. The average molecular weight is 381 g/mol. The molecule has 2 fully saturated rings. The van der Waals surface area contributed by atoms with E-state index in [1.54, 1.807) is 12.1 Å². The van der Waals surface area contributed by atoms with Crippen LogP contribution in [0.25, 0.3) is 0 Å². The molecular formula is C18H25ClN4O3. The Bertz CT molecular complexity index is 629. The van der Waals surface area contributed by atoms with Gasteiger partial charge in [-0.15, -0.1) is 0 Å². The van der Waals surface area contributed by atoms with Crippen LogP contribution in [0, 0.1) is 0 Å². The Labute approximate surface area is 158 Å². The highest BCUT2D eigenvalue weighted by Crippen LogP contribution is 2.20. The molecule has 142 valence electrons. The van der Waals surface area contributed by atoms with E-state index < -0.39 is 0 Å². The molecular weight excluding hydrogens is 356 g/mol. The lowest BCUT2D eigenvalue weighted by Gasteiger charge is -2.35. The topological polar surface area (TPSA) is 73.9 Å². The van der Waals surface area contributed by atoms with Gasteiger partial charge in [0.05, 0.1) is 30.5 Å². The lowest BCUT2D eigenvalue weighted by molar-refractivity contribution is -0.134. The predicted octanol–water partition coefficient (Wildman–Crippen LogP) is 0.801. The van der Waals surface area contributed by atoms with Crippen LogP contribution < -0.4 is 10.6 Å². The second-order valence-corrected chi connectivity index (χ2v) is 7.02. The zero-order valence-electron chi connectivity index (χ0n) is 14.7. The van der Waals surface area contributed by atoms with Gasteiger partial charge in [-0.25, -0.2) is 0 Å². The van der Waals surface area contributed by atoms with Crippen molar-refractivity contribution in [1.29, 1.82) is 0 Å². The maximum atomic E-state index is 12.4.